The minimum atomic E-state index is -0.227. The van der Waals surface area contributed by atoms with E-state index >= 15 is 0 Å². The zero-order valence-electron chi connectivity index (χ0n) is 18.2. The summed E-state index contributed by atoms with van der Waals surface area (Å²) in [5.41, 5.74) is 10.1. The Labute approximate surface area is 187 Å². The van der Waals surface area contributed by atoms with E-state index in [0.29, 0.717) is 18.7 Å². The van der Waals surface area contributed by atoms with Crippen molar-refractivity contribution in [3.63, 3.8) is 0 Å². The molecule has 2 aliphatic heterocycles. The van der Waals surface area contributed by atoms with E-state index in [9.17, 15) is 9.59 Å². The van der Waals surface area contributed by atoms with Crippen molar-refractivity contribution in [2.45, 2.75) is 26.4 Å². The first kappa shape index (κ1) is 20.3. The Morgan fingerprint density at radius 1 is 1.00 bits per heavy atom. The van der Waals surface area contributed by atoms with Crippen LogP contribution in [0.4, 0.5) is 11.4 Å². The number of hydrazine groups is 1. The summed E-state index contributed by atoms with van der Waals surface area (Å²) in [7, 11) is 0. The SMILES string of the molecule is Cc1ccc(CNC(=O)c2ccc3c(c2)C2NN(c4ccc(C)cc4)C(=O)C2CN3)cc1. The highest BCUT2D eigenvalue weighted by molar-refractivity contribution is 5.99. The molecule has 6 nitrogen and oxygen atoms in total. The van der Waals surface area contributed by atoms with Crippen LogP contribution >= 0.6 is 0 Å². The van der Waals surface area contributed by atoms with Crippen LogP contribution in [-0.2, 0) is 11.3 Å². The molecule has 1 fully saturated rings. The average Bonchev–Trinajstić information content (AvgIpc) is 3.15. The number of nitrogens with zero attached hydrogens (tertiary/aromatic N) is 1. The van der Waals surface area contributed by atoms with Crippen LogP contribution in [0.3, 0.4) is 0 Å². The molecule has 0 aromatic heterocycles. The standard InChI is InChI=1S/C26H26N4O2/c1-16-3-7-18(8-4-16)14-28-25(31)19-9-12-23-21(13-19)24-22(15-27-23)26(32)30(29-24)20-10-5-17(2)6-11-20/h3-13,22,24,27,29H,14-15H2,1-2H3,(H,28,31). The van der Waals surface area contributed by atoms with Crippen LogP contribution in [0.5, 0.6) is 0 Å². The predicted molar refractivity (Wildman–Crippen MR) is 125 cm³/mol. The average molecular weight is 427 g/mol. The molecule has 0 bridgehead atoms. The lowest BCUT2D eigenvalue weighted by Crippen LogP contribution is -2.35. The molecule has 0 radical (unpaired) electrons. The van der Waals surface area contributed by atoms with Crippen molar-refractivity contribution >= 4 is 23.2 Å². The first-order valence-corrected chi connectivity index (χ1v) is 10.9. The molecule has 2 aliphatic rings. The summed E-state index contributed by atoms with van der Waals surface area (Å²) in [4.78, 5) is 25.9. The Bertz CT molecular complexity index is 1170. The molecule has 6 heteroatoms. The van der Waals surface area contributed by atoms with Gasteiger partial charge in [-0.15, -0.1) is 0 Å². The summed E-state index contributed by atoms with van der Waals surface area (Å²) in [6.45, 7) is 5.09. The zero-order chi connectivity index (χ0) is 22.2. The molecule has 32 heavy (non-hydrogen) atoms. The molecule has 3 aromatic carbocycles. The van der Waals surface area contributed by atoms with Crippen LogP contribution in [0.25, 0.3) is 0 Å². The van der Waals surface area contributed by atoms with Crippen molar-refractivity contribution < 1.29 is 9.59 Å². The van der Waals surface area contributed by atoms with Crippen LogP contribution in [0.1, 0.15) is 38.7 Å². The molecule has 162 valence electrons. The number of nitrogens with one attached hydrogen (secondary N) is 3. The lowest BCUT2D eigenvalue weighted by molar-refractivity contribution is -0.120. The first-order valence-electron chi connectivity index (χ1n) is 10.9. The minimum Gasteiger partial charge on any atom is -0.384 e. The molecule has 3 aromatic rings. The fourth-order valence-electron chi connectivity index (χ4n) is 4.32. The number of carbonyl (C=O) groups is 2. The number of anilines is 2. The van der Waals surface area contributed by atoms with E-state index in [1.54, 1.807) is 5.01 Å². The number of aryl methyl sites for hydroxylation is 2. The highest BCUT2D eigenvalue weighted by Gasteiger charge is 2.44. The zero-order valence-corrected chi connectivity index (χ0v) is 18.2. The van der Waals surface area contributed by atoms with E-state index in [1.807, 2.05) is 80.6 Å². The Hall–Kier alpha value is -3.64. The number of hydrogen-bond donors (Lipinski definition) is 3. The summed E-state index contributed by atoms with van der Waals surface area (Å²) >= 11 is 0. The smallest absolute Gasteiger partial charge is 0.251 e. The van der Waals surface area contributed by atoms with Crippen LogP contribution in [0.2, 0.25) is 0 Å². The summed E-state index contributed by atoms with van der Waals surface area (Å²) < 4.78 is 0. The number of benzene rings is 3. The molecular weight excluding hydrogens is 400 g/mol. The fourth-order valence-corrected chi connectivity index (χ4v) is 4.32. The maximum Gasteiger partial charge on any atom is 0.251 e. The molecule has 0 saturated carbocycles. The van der Waals surface area contributed by atoms with Gasteiger partial charge in [0.05, 0.1) is 17.6 Å². The van der Waals surface area contributed by atoms with Gasteiger partial charge in [-0.2, -0.15) is 0 Å². The Balaban J connectivity index is 1.35. The van der Waals surface area contributed by atoms with Gasteiger partial charge in [-0.25, -0.2) is 10.4 Å². The van der Waals surface area contributed by atoms with Crippen molar-refractivity contribution in [2.24, 2.45) is 5.92 Å². The second-order valence-corrected chi connectivity index (χ2v) is 8.57. The lowest BCUT2D eigenvalue weighted by atomic mass is 9.88. The summed E-state index contributed by atoms with van der Waals surface area (Å²) in [6, 6.07) is 21.5. The number of amides is 2. The van der Waals surface area contributed by atoms with Crippen LogP contribution < -0.4 is 21.1 Å². The molecule has 0 spiro atoms. The fraction of sp³-hybridized carbons (Fsp3) is 0.231. The van der Waals surface area contributed by atoms with Crippen molar-refractivity contribution in [2.75, 3.05) is 16.9 Å². The van der Waals surface area contributed by atoms with Gasteiger partial charge < -0.3 is 10.6 Å². The van der Waals surface area contributed by atoms with Gasteiger partial charge in [0.2, 0.25) is 5.91 Å². The Kier molecular flexibility index (Phi) is 5.15. The van der Waals surface area contributed by atoms with Gasteiger partial charge in [0.25, 0.3) is 5.91 Å². The predicted octanol–water partition coefficient (Wildman–Crippen LogP) is 3.87. The third-order valence-electron chi connectivity index (χ3n) is 6.24. The van der Waals surface area contributed by atoms with Gasteiger partial charge in [-0.05, 0) is 55.3 Å². The van der Waals surface area contributed by atoms with Crippen LogP contribution in [0, 0.1) is 19.8 Å². The van der Waals surface area contributed by atoms with E-state index in [0.717, 1.165) is 28.1 Å². The molecule has 0 aliphatic carbocycles. The normalized spacial score (nSPS) is 19.2. The maximum atomic E-state index is 13.1. The highest BCUT2D eigenvalue weighted by atomic mass is 16.2. The quantitative estimate of drug-likeness (QED) is 0.592. The van der Waals surface area contributed by atoms with Crippen molar-refractivity contribution in [1.29, 1.82) is 0 Å². The molecule has 3 N–H and O–H groups in total. The van der Waals surface area contributed by atoms with Gasteiger partial charge in [0, 0.05) is 24.3 Å². The van der Waals surface area contributed by atoms with Gasteiger partial charge in [0.1, 0.15) is 0 Å². The van der Waals surface area contributed by atoms with Crippen LogP contribution in [-0.4, -0.2) is 18.4 Å². The highest BCUT2D eigenvalue weighted by Crippen LogP contribution is 2.39. The Morgan fingerprint density at radius 2 is 1.69 bits per heavy atom. The molecular formula is C26H26N4O2. The second-order valence-electron chi connectivity index (χ2n) is 8.57. The van der Waals surface area contributed by atoms with E-state index < -0.39 is 0 Å². The van der Waals surface area contributed by atoms with Crippen molar-refractivity contribution in [3.05, 3.63) is 94.5 Å². The molecule has 5 rings (SSSR count). The topological polar surface area (TPSA) is 73.5 Å². The van der Waals surface area contributed by atoms with Crippen molar-refractivity contribution in [1.82, 2.24) is 10.7 Å². The monoisotopic (exact) mass is 426 g/mol. The first-order chi connectivity index (χ1) is 15.5. The number of rotatable bonds is 4. The Morgan fingerprint density at radius 3 is 2.41 bits per heavy atom. The molecule has 2 unspecified atom stereocenters. The van der Waals surface area contributed by atoms with E-state index in [1.165, 1.54) is 5.56 Å². The number of fused-ring (bicyclic) bond motifs is 3. The lowest BCUT2D eigenvalue weighted by Gasteiger charge is -2.27. The van der Waals surface area contributed by atoms with Gasteiger partial charge >= 0.3 is 0 Å². The molecule has 2 heterocycles. The summed E-state index contributed by atoms with van der Waals surface area (Å²) in [5.74, 6) is -0.323. The van der Waals surface area contributed by atoms with Gasteiger partial charge in [-0.1, -0.05) is 47.5 Å². The number of hydrogen-bond acceptors (Lipinski definition) is 4. The largest absolute Gasteiger partial charge is 0.384 e. The molecule has 2 atom stereocenters. The third-order valence-corrected chi connectivity index (χ3v) is 6.24. The summed E-state index contributed by atoms with van der Waals surface area (Å²) in [5, 5.41) is 7.98. The van der Waals surface area contributed by atoms with Crippen molar-refractivity contribution in [3.8, 4) is 0 Å². The van der Waals surface area contributed by atoms with E-state index in [2.05, 4.69) is 16.1 Å². The molecule has 1 saturated heterocycles. The van der Waals surface area contributed by atoms with E-state index in [4.69, 9.17) is 0 Å². The van der Waals surface area contributed by atoms with Crippen LogP contribution in [0.15, 0.2) is 66.7 Å². The summed E-state index contributed by atoms with van der Waals surface area (Å²) in [6.07, 6.45) is 0. The third kappa shape index (κ3) is 3.74. The number of carbonyl (C=O) groups excluding carboxylic acids is 2. The second kappa shape index (κ2) is 8.13. The van der Waals surface area contributed by atoms with Gasteiger partial charge in [-0.3, -0.25) is 9.59 Å². The van der Waals surface area contributed by atoms with E-state index in [-0.39, 0.29) is 23.8 Å². The maximum absolute atomic E-state index is 13.1. The molecule has 2 amide bonds. The minimum absolute atomic E-state index is 0.0335. The van der Waals surface area contributed by atoms with Gasteiger partial charge in [0.15, 0.2) is 0 Å².